The van der Waals surface area contributed by atoms with Gasteiger partial charge in [0.15, 0.2) is 0 Å². The van der Waals surface area contributed by atoms with Crippen molar-refractivity contribution < 1.29 is 9.59 Å². The molecule has 0 bridgehead atoms. The Hall–Kier alpha value is -3.41. The van der Waals surface area contributed by atoms with Gasteiger partial charge >= 0.3 is 0 Å². The summed E-state index contributed by atoms with van der Waals surface area (Å²) in [5.74, 6) is 0.0154. The fourth-order valence-electron chi connectivity index (χ4n) is 3.73. The molecule has 1 aliphatic heterocycles. The minimum atomic E-state index is -0.0586. The summed E-state index contributed by atoms with van der Waals surface area (Å²) in [5, 5.41) is 4.80. The molecular weight excluding hydrogens is 376 g/mol. The van der Waals surface area contributed by atoms with E-state index in [1.807, 2.05) is 71.5 Å². The number of likely N-dealkylation sites (N-methyl/N-ethyl adjacent to an activating group) is 1. The molecule has 6 nitrogen and oxygen atoms in total. The van der Waals surface area contributed by atoms with Crippen molar-refractivity contribution in [3.8, 4) is 16.9 Å². The van der Waals surface area contributed by atoms with E-state index in [1.54, 1.807) is 16.8 Å². The normalized spacial score (nSPS) is 14.0. The van der Waals surface area contributed by atoms with E-state index in [0.29, 0.717) is 19.5 Å². The summed E-state index contributed by atoms with van der Waals surface area (Å²) < 4.78 is 1.85. The largest absolute Gasteiger partial charge is 0.340 e. The molecule has 6 heteroatoms. The van der Waals surface area contributed by atoms with E-state index in [0.717, 1.165) is 35.3 Å². The van der Waals surface area contributed by atoms with Gasteiger partial charge in [0.1, 0.15) is 0 Å². The maximum Gasteiger partial charge on any atom is 0.242 e. The zero-order valence-electron chi connectivity index (χ0n) is 17.2. The highest BCUT2D eigenvalue weighted by molar-refractivity contribution is 5.85. The summed E-state index contributed by atoms with van der Waals surface area (Å²) in [6.45, 7) is 1.24. The van der Waals surface area contributed by atoms with Crippen LogP contribution in [0.3, 0.4) is 0 Å². The Kier molecular flexibility index (Phi) is 5.93. The molecule has 3 aromatic rings. The SMILES string of the molecule is CN(Cc1cn(-c2ccccc2)nc1-c1ccccc1)C(=O)CN1CCCCC1=O. The van der Waals surface area contributed by atoms with Gasteiger partial charge in [0.25, 0.3) is 0 Å². The average Bonchev–Trinajstić information content (AvgIpc) is 3.20. The predicted octanol–water partition coefficient (Wildman–Crippen LogP) is 3.51. The minimum absolute atomic E-state index is 0.0586. The first-order valence-corrected chi connectivity index (χ1v) is 10.3. The van der Waals surface area contributed by atoms with Crippen LogP contribution in [-0.4, -0.2) is 51.5 Å². The van der Waals surface area contributed by atoms with Crippen LogP contribution in [0.15, 0.2) is 66.9 Å². The highest BCUT2D eigenvalue weighted by atomic mass is 16.2. The van der Waals surface area contributed by atoms with Crippen LogP contribution in [0.5, 0.6) is 0 Å². The van der Waals surface area contributed by atoms with Crippen LogP contribution in [0.25, 0.3) is 16.9 Å². The van der Waals surface area contributed by atoms with Crippen LogP contribution in [-0.2, 0) is 16.1 Å². The number of piperidine rings is 1. The van der Waals surface area contributed by atoms with Crippen LogP contribution < -0.4 is 0 Å². The van der Waals surface area contributed by atoms with Crippen molar-refractivity contribution >= 4 is 11.8 Å². The molecule has 0 aliphatic carbocycles. The van der Waals surface area contributed by atoms with E-state index in [4.69, 9.17) is 5.10 Å². The molecule has 0 saturated carbocycles. The number of benzene rings is 2. The third-order valence-corrected chi connectivity index (χ3v) is 5.44. The second-order valence-corrected chi connectivity index (χ2v) is 7.67. The van der Waals surface area contributed by atoms with Crippen molar-refractivity contribution in [2.45, 2.75) is 25.8 Å². The number of likely N-dealkylation sites (tertiary alicyclic amines) is 1. The maximum atomic E-state index is 12.8. The van der Waals surface area contributed by atoms with Gasteiger partial charge in [-0.2, -0.15) is 5.10 Å². The lowest BCUT2D eigenvalue weighted by Gasteiger charge is -2.28. The Labute approximate surface area is 176 Å². The molecule has 2 heterocycles. The minimum Gasteiger partial charge on any atom is -0.340 e. The number of carbonyl (C=O) groups is 2. The Bertz CT molecular complexity index is 1010. The lowest BCUT2D eigenvalue weighted by atomic mass is 10.1. The number of nitrogens with zero attached hydrogens (tertiary/aromatic N) is 4. The topological polar surface area (TPSA) is 58.4 Å². The summed E-state index contributed by atoms with van der Waals surface area (Å²) in [6, 6.07) is 19.9. The molecule has 0 radical (unpaired) electrons. The van der Waals surface area contributed by atoms with Gasteiger partial charge in [0, 0.05) is 43.9 Å². The highest BCUT2D eigenvalue weighted by Gasteiger charge is 2.23. The van der Waals surface area contributed by atoms with Crippen LogP contribution in [0, 0.1) is 0 Å². The lowest BCUT2D eigenvalue weighted by molar-refractivity contribution is -0.141. The van der Waals surface area contributed by atoms with Gasteiger partial charge in [-0.25, -0.2) is 4.68 Å². The van der Waals surface area contributed by atoms with E-state index >= 15 is 0 Å². The smallest absolute Gasteiger partial charge is 0.242 e. The second kappa shape index (κ2) is 8.95. The molecule has 4 rings (SSSR count). The number of hydrogen-bond acceptors (Lipinski definition) is 3. The molecule has 1 saturated heterocycles. The molecule has 1 fully saturated rings. The standard InChI is InChI=1S/C24H26N4O2/c1-26(23(30)18-27-15-9-8-14-22(27)29)16-20-17-28(21-12-6-3-7-13-21)25-24(20)19-10-4-2-5-11-19/h2-7,10-13,17H,8-9,14-16,18H2,1H3. The Morgan fingerprint density at radius 3 is 2.43 bits per heavy atom. The van der Waals surface area contributed by atoms with Gasteiger partial charge in [0.05, 0.1) is 17.9 Å². The number of amides is 2. The molecular formula is C24H26N4O2. The summed E-state index contributed by atoms with van der Waals surface area (Å²) in [5.41, 5.74) is 3.79. The monoisotopic (exact) mass is 402 g/mol. The number of carbonyl (C=O) groups excluding carboxylic acids is 2. The van der Waals surface area contributed by atoms with Crippen molar-refractivity contribution in [1.82, 2.24) is 19.6 Å². The molecule has 1 aromatic heterocycles. The summed E-state index contributed by atoms with van der Waals surface area (Å²) >= 11 is 0. The molecule has 0 N–H and O–H groups in total. The first-order chi connectivity index (χ1) is 14.6. The van der Waals surface area contributed by atoms with E-state index in [-0.39, 0.29) is 18.4 Å². The molecule has 2 aromatic carbocycles. The zero-order chi connectivity index (χ0) is 20.9. The molecule has 30 heavy (non-hydrogen) atoms. The van der Waals surface area contributed by atoms with Crippen molar-refractivity contribution in [1.29, 1.82) is 0 Å². The summed E-state index contributed by atoms with van der Waals surface area (Å²) in [7, 11) is 1.78. The van der Waals surface area contributed by atoms with Crippen LogP contribution in [0.2, 0.25) is 0 Å². The Balaban J connectivity index is 1.57. The van der Waals surface area contributed by atoms with Crippen LogP contribution >= 0.6 is 0 Å². The van der Waals surface area contributed by atoms with Gasteiger partial charge in [-0.1, -0.05) is 48.5 Å². The first-order valence-electron chi connectivity index (χ1n) is 10.3. The molecule has 1 aliphatic rings. The van der Waals surface area contributed by atoms with E-state index in [1.165, 1.54) is 0 Å². The fourth-order valence-corrected chi connectivity index (χ4v) is 3.73. The van der Waals surface area contributed by atoms with Gasteiger partial charge in [-0.05, 0) is 25.0 Å². The quantitative estimate of drug-likeness (QED) is 0.634. The Morgan fingerprint density at radius 1 is 1.03 bits per heavy atom. The summed E-state index contributed by atoms with van der Waals surface area (Å²) in [4.78, 5) is 28.2. The third kappa shape index (κ3) is 4.43. The lowest BCUT2D eigenvalue weighted by Crippen LogP contribution is -2.43. The van der Waals surface area contributed by atoms with Gasteiger partial charge in [-0.15, -0.1) is 0 Å². The number of rotatable bonds is 6. The van der Waals surface area contributed by atoms with E-state index in [9.17, 15) is 9.59 Å². The zero-order valence-corrected chi connectivity index (χ0v) is 17.2. The molecule has 0 unspecified atom stereocenters. The van der Waals surface area contributed by atoms with E-state index in [2.05, 4.69) is 0 Å². The first kappa shape index (κ1) is 19.9. The van der Waals surface area contributed by atoms with Crippen LogP contribution in [0.4, 0.5) is 0 Å². The number of aromatic nitrogens is 2. The fraction of sp³-hybridized carbons (Fsp3) is 0.292. The predicted molar refractivity (Wildman–Crippen MR) is 116 cm³/mol. The summed E-state index contributed by atoms with van der Waals surface area (Å²) in [6.07, 6.45) is 4.40. The molecule has 0 spiro atoms. The van der Waals surface area contributed by atoms with Crippen molar-refractivity contribution in [2.24, 2.45) is 0 Å². The molecule has 2 amide bonds. The second-order valence-electron chi connectivity index (χ2n) is 7.67. The molecule has 0 atom stereocenters. The number of para-hydroxylation sites is 1. The molecule has 154 valence electrons. The average molecular weight is 402 g/mol. The Morgan fingerprint density at radius 2 is 1.73 bits per heavy atom. The van der Waals surface area contributed by atoms with E-state index < -0.39 is 0 Å². The third-order valence-electron chi connectivity index (χ3n) is 5.44. The maximum absolute atomic E-state index is 12.8. The van der Waals surface area contributed by atoms with Crippen molar-refractivity contribution in [3.05, 3.63) is 72.4 Å². The van der Waals surface area contributed by atoms with Gasteiger partial charge in [0.2, 0.25) is 11.8 Å². The highest BCUT2D eigenvalue weighted by Crippen LogP contribution is 2.25. The number of hydrogen-bond donors (Lipinski definition) is 0. The van der Waals surface area contributed by atoms with Crippen molar-refractivity contribution in [3.63, 3.8) is 0 Å². The van der Waals surface area contributed by atoms with Gasteiger partial charge < -0.3 is 9.80 Å². The van der Waals surface area contributed by atoms with Crippen LogP contribution in [0.1, 0.15) is 24.8 Å². The van der Waals surface area contributed by atoms with Crippen molar-refractivity contribution in [2.75, 3.05) is 20.1 Å². The van der Waals surface area contributed by atoms with Gasteiger partial charge in [-0.3, -0.25) is 9.59 Å².